The Kier molecular flexibility index (Phi) is 8.19. The van der Waals surface area contributed by atoms with Crippen molar-refractivity contribution in [2.45, 2.75) is 38.6 Å². The van der Waals surface area contributed by atoms with Crippen molar-refractivity contribution in [1.82, 2.24) is 0 Å². The van der Waals surface area contributed by atoms with E-state index in [0.717, 1.165) is 11.1 Å². The second-order valence-corrected chi connectivity index (χ2v) is 11.9. The average molecular weight is 503 g/mol. The van der Waals surface area contributed by atoms with Gasteiger partial charge in [0.15, 0.2) is 0 Å². The van der Waals surface area contributed by atoms with E-state index >= 15 is 0 Å². The first-order valence-corrected chi connectivity index (χ1v) is 13.2. The Balaban J connectivity index is 2.31. The third-order valence-corrected chi connectivity index (χ3v) is 7.40. The van der Waals surface area contributed by atoms with Crippen LogP contribution in [0.2, 0.25) is 0 Å². The fourth-order valence-electron chi connectivity index (χ4n) is 3.25. The van der Waals surface area contributed by atoms with E-state index in [0.29, 0.717) is 11.1 Å². The van der Waals surface area contributed by atoms with Crippen molar-refractivity contribution >= 4 is 20.2 Å². The zero-order valence-corrected chi connectivity index (χ0v) is 21.3. The highest BCUT2D eigenvalue weighted by Gasteiger charge is 2.39. The summed E-state index contributed by atoms with van der Waals surface area (Å²) in [6.45, 7) is 6.58. The van der Waals surface area contributed by atoms with Crippen LogP contribution in [0.1, 0.15) is 22.3 Å². The van der Waals surface area contributed by atoms with Gasteiger partial charge in [-0.1, -0.05) is 24.3 Å². The number of rotatable bonds is 10. The van der Waals surface area contributed by atoms with Crippen LogP contribution >= 0.6 is 0 Å². The van der Waals surface area contributed by atoms with Crippen LogP contribution in [0.15, 0.2) is 36.4 Å². The zero-order valence-electron chi connectivity index (χ0n) is 19.6. The minimum absolute atomic E-state index is 0.259. The van der Waals surface area contributed by atoms with Gasteiger partial charge in [-0.2, -0.15) is 16.8 Å². The number of hydrogen-bond acceptors (Lipinski definition) is 6. The topological polar surface area (TPSA) is 127 Å². The molecule has 2 atom stereocenters. The van der Waals surface area contributed by atoms with Gasteiger partial charge < -0.3 is 14.0 Å². The summed E-state index contributed by atoms with van der Waals surface area (Å²) in [6, 6.07) is 10.3. The molecule has 11 heteroatoms. The van der Waals surface area contributed by atoms with E-state index in [1.807, 2.05) is 26.0 Å². The minimum Gasteiger partial charge on any atom is -0.466 e. The third kappa shape index (κ3) is 7.41. The number of likely N-dealkylation sites (N-methyl/N-ethyl adjacent to an activating group) is 1. The van der Waals surface area contributed by atoms with Gasteiger partial charge in [0.05, 0.1) is 14.1 Å². The molecule has 2 aromatic carbocycles. The number of hydrogen-bond donors (Lipinski definition) is 2. The summed E-state index contributed by atoms with van der Waals surface area (Å²) in [6.07, 6.45) is 0. The lowest BCUT2D eigenvalue weighted by molar-refractivity contribution is -0.892. The molecule has 0 saturated heterocycles. The lowest BCUT2D eigenvalue weighted by Gasteiger charge is -2.34. The van der Waals surface area contributed by atoms with Crippen molar-refractivity contribution in [2.75, 3.05) is 27.2 Å². The molecular formula is C22H32NO8S2+. The molecule has 0 amide bonds. The van der Waals surface area contributed by atoms with Crippen LogP contribution in [-0.4, -0.2) is 68.5 Å². The van der Waals surface area contributed by atoms with Crippen LogP contribution in [0, 0.1) is 27.7 Å². The van der Waals surface area contributed by atoms with E-state index in [2.05, 4.69) is 0 Å². The molecule has 0 aliphatic carbocycles. The van der Waals surface area contributed by atoms with E-state index in [4.69, 9.17) is 9.47 Å². The van der Waals surface area contributed by atoms with Crippen LogP contribution in [-0.2, 0) is 20.2 Å². The minimum atomic E-state index is -4.66. The summed E-state index contributed by atoms with van der Waals surface area (Å²) < 4.78 is 79.0. The first-order valence-electron chi connectivity index (χ1n) is 10.2. The Morgan fingerprint density at radius 3 is 1.36 bits per heavy atom. The summed E-state index contributed by atoms with van der Waals surface area (Å²) in [4.78, 5) is 0. The Bertz CT molecular complexity index is 1110. The van der Waals surface area contributed by atoms with Gasteiger partial charge in [0.1, 0.15) is 24.6 Å². The summed E-state index contributed by atoms with van der Waals surface area (Å²) in [7, 11) is -6.22. The SMILES string of the molecule is Cc1cccc(OC(C[N+](C)(C)CC(Oc2cccc(C)c2C)S(=O)(=O)O)S(=O)(=O)O)c1C. The molecule has 0 heterocycles. The third-order valence-electron chi connectivity index (χ3n) is 5.58. The largest absolute Gasteiger partial charge is 0.466 e. The van der Waals surface area contributed by atoms with Gasteiger partial charge in [-0.25, -0.2) is 0 Å². The van der Waals surface area contributed by atoms with E-state index in [9.17, 15) is 25.9 Å². The molecule has 184 valence electrons. The predicted molar refractivity (Wildman–Crippen MR) is 126 cm³/mol. The zero-order chi connectivity index (χ0) is 25.2. The molecular weight excluding hydrogens is 470 g/mol. The Morgan fingerprint density at radius 2 is 1.06 bits per heavy atom. The molecule has 33 heavy (non-hydrogen) atoms. The Labute approximate surface area is 196 Å². The van der Waals surface area contributed by atoms with Crippen LogP contribution in [0.5, 0.6) is 11.5 Å². The highest BCUT2D eigenvalue weighted by atomic mass is 32.2. The Morgan fingerprint density at radius 1 is 0.727 bits per heavy atom. The smallest absolute Gasteiger partial charge is 0.309 e. The number of benzene rings is 2. The first-order chi connectivity index (χ1) is 15.0. The molecule has 0 bridgehead atoms. The maximum atomic E-state index is 12.1. The normalized spacial score (nSPS) is 14.5. The van der Waals surface area contributed by atoms with Crippen molar-refractivity contribution < 1.29 is 39.9 Å². The molecule has 9 nitrogen and oxygen atoms in total. The number of ether oxygens (including phenoxy) is 2. The van der Waals surface area contributed by atoms with Crippen LogP contribution in [0.4, 0.5) is 0 Å². The highest BCUT2D eigenvalue weighted by Crippen LogP contribution is 2.26. The van der Waals surface area contributed by atoms with Gasteiger partial charge >= 0.3 is 20.2 Å². The van der Waals surface area contributed by atoms with Gasteiger partial charge in [0.25, 0.3) is 10.9 Å². The summed E-state index contributed by atoms with van der Waals surface area (Å²) in [5.74, 6) is 0.575. The predicted octanol–water partition coefficient (Wildman–Crippen LogP) is 2.88. The maximum Gasteiger partial charge on any atom is 0.309 e. The lowest BCUT2D eigenvalue weighted by Crippen LogP contribution is -2.55. The highest BCUT2D eigenvalue weighted by molar-refractivity contribution is 7.86. The molecule has 2 rings (SSSR count). The van der Waals surface area contributed by atoms with Crippen molar-refractivity contribution in [3.8, 4) is 11.5 Å². The molecule has 0 aliphatic rings. The molecule has 0 aliphatic heterocycles. The van der Waals surface area contributed by atoms with Crippen molar-refractivity contribution in [3.05, 3.63) is 58.7 Å². The number of aryl methyl sites for hydroxylation is 2. The van der Waals surface area contributed by atoms with E-state index < -0.39 is 31.1 Å². The van der Waals surface area contributed by atoms with Crippen molar-refractivity contribution in [2.24, 2.45) is 0 Å². The van der Waals surface area contributed by atoms with E-state index in [-0.39, 0.29) is 29.1 Å². The summed E-state index contributed by atoms with van der Waals surface area (Å²) in [5.41, 5.74) is -0.157. The Hall–Kier alpha value is -2.18. The molecule has 0 radical (unpaired) electrons. The molecule has 0 saturated carbocycles. The second kappa shape index (κ2) is 9.98. The van der Waals surface area contributed by atoms with E-state index in [1.54, 1.807) is 52.2 Å². The fraction of sp³-hybridized carbons (Fsp3) is 0.455. The number of quaternary nitrogens is 1. The fourth-order valence-corrected chi connectivity index (χ4v) is 4.89. The molecule has 2 aromatic rings. The lowest BCUT2D eigenvalue weighted by atomic mass is 10.1. The van der Waals surface area contributed by atoms with Crippen molar-refractivity contribution in [3.63, 3.8) is 0 Å². The monoisotopic (exact) mass is 502 g/mol. The van der Waals surface area contributed by atoms with Crippen LogP contribution < -0.4 is 9.47 Å². The molecule has 2 N–H and O–H groups in total. The van der Waals surface area contributed by atoms with Gasteiger partial charge in [-0.05, 0) is 62.1 Å². The van der Waals surface area contributed by atoms with Crippen molar-refractivity contribution in [1.29, 1.82) is 0 Å². The quantitative estimate of drug-likeness (QED) is 0.375. The van der Waals surface area contributed by atoms with Gasteiger partial charge in [-0.3, -0.25) is 9.11 Å². The molecule has 0 fully saturated rings. The van der Waals surface area contributed by atoms with Gasteiger partial charge in [0.2, 0.25) is 0 Å². The number of nitrogens with zero attached hydrogens (tertiary/aromatic N) is 1. The van der Waals surface area contributed by atoms with Crippen LogP contribution in [0.25, 0.3) is 0 Å². The average Bonchev–Trinajstić information content (AvgIpc) is 2.66. The standard InChI is InChI=1S/C22H31NO8S2/c1-15-9-7-11-19(17(15)3)30-21(32(24,25)26)13-23(5,6)14-22(33(27,28)29)31-20-12-8-10-16(2)18(20)4/h7-12,21-22H,13-14H2,1-6H3,(H-,24,25,26,27,28,29)/p+1. The molecule has 0 spiro atoms. The molecule has 2 unspecified atom stereocenters. The second-order valence-electron chi connectivity index (χ2n) is 8.82. The first kappa shape index (κ1) is 27.1. The summed E-state index contributed by atoms with van der Waals surface area (Å²) >= 11 is 0. The maximum absolute atomic E-state index is 12.1. The van der Waals surface area contributed by atoms with E-state index in [1.165, 1.54) is 0 Å². The van der Waals surface area contributed by atoms with Gasteiger partial charge in [0, 0.05) is 0 Å². The van der Waals surface area contributed by atoms with Gasteiger partial charge in [-0.15, -0.1) is 0 Å². The summed E-state index contributed by atoms with van der Waals surface area (Å²) in [5, 5.41) is 0. The van der Waals surface area contributed by atoms with Crippen LogP contribution in [0.3, 0.4) is 0 Å². The molecule has 0 aromatic heterocycles.